The quantitative estimate of drug-likeness (QED) is 0.457. The number of hydrogen-bond acceptors (Lipinski definition) is 2. The molecule has 0 fully saturated rings. The van der Waals surface area contributed by atoms with Crippen molar-refractivity contribution in [2.24, 2.45) is 0 Å². The van der Waals surface area contributed by atoms with E-state index in [-0.39, 0.29) is 5.91 Å². The van der Waals surface area contributed by atoms with Crippen molar-refractivity contribution < 1.29 is 9.18 Å². The maximum Gasteiger partial charge on any atom is 0.224 e. The maximum absolute atomic E-state index is 12.6. The summed E-state index contributed by atoms with van der Waals surface area (Å²) >= 11 is 0. The zero-order valence-corrected chi connectivity index (χ0v) is 13.0. The molecular formula is C17H27FN2O. The molecule has 1 rings (SSSR count). The molecule has 1 aromatic heterocycles. The molecule has 1 amide bonds. The summed E-state index contributed by atoms with van der Waals surface area (Å²) in [6.07, 6.45) is 13.0. The Morgan fingerprint density at radius 3 is 2.24 bits per heavy atom. The van der Waals surface area contributed by atoms with Gasteiger partial charge >= 0.3 is 0 Å². The average molecular weight is 294 g/mol. The highest BCUT2D eigenvalue weighted by Crippen LogP contribution is 2.11. The van der Waals surface area contributed by atoms with E-state index in [1.54, 1.807) is 0 Å². The minimum absolute atomic E-state index is 0.0219. The van der Waals surface area contributed by atoms with Crippen molar-refractivity contribution in [3.63, 3.8) is 0 Å². The number of pyridine rings is 1. The van der Waals surface area contributed by atoms with Gasteiger partial charge in [0.05, 0.1) is 11.9 Å². The van der Waals surface area contributed by atoms with Crippen LogP contribution in [0.25, 0.3) is 0 Å². The number of nitrogens with one attached hydrogen (secondary N) is 1. The van der Waals surface area contributed by atoms with Gasteiger partial charge in [-0.3, -0.25) is 4.79 Å². The molecule has 1 heterocycles. The lowest BCUT2D eigenvalue weighted by Gasteiger charge is -2.05. The van der Waals surface area contributed by atoms with Crippen LogP contribution in [-0.2, 0) is 4.79 Å². The molecule has 3 nitrogen and oxygen atoms in total. The lowest BCUT2D eigenvalue weighted by atomic mass is 10.1. The predicted octanol–water partition coefficient (Wildman–Crippen LogP) is 5.08. The second kappa shape index (κ2) is 11.2. The van der Waals surface area contributed by atoms with Crippen molar-refractivity contribution in [2.75, 3.05) is 5.32 Å². The highest BCUT2D eigenvalue weighted by molar-refractivity contribution is 5.90. The van der Waals surface area contributed by atoms with Crippen molar-refractivity contribution >= 4 is 11.6 Å². The second-order valence-electron chi connectivity index (χ2n) is 5.50. The number of aromatic nitrogens is 1. The third kappa shape index (κ3) is 9.16. The molecule has 0 unspecified atom stereocenters. The SMILES string of the molecule is CCCCCCCCCCCC(=O)Nc1ccc(F)nc1. The van der Waals surface area contributed by atoms with Gasteiger partial charge in [0.2, 0.25) is 11.9 Å². The van der Waals surface area contributed by atoms with Crippen LogP contribution < -0.4 is 5.32 Å². The molecular weight excluding hydrogens is 267 g/mol. The van der Waals surface area contributed by atoms with Gasteiger partial charge in [-0.2, -0.15) is 4.39 Å². The first-order valence-corrected chi connectivity index (χ1v) is 8.13. The van der Waals surface area contributed by atoms with Crippen LogP contribution in [0.5, 0.6) is 0 Å². The summed E-state index contributed by atoms with van der Waals surface area (Å²) in [5.41, 5.74) is 0.553. The minimum Gasteiger partial charge on any atom is -0.325 e. The van der Waals surface area contributed by atoms with Gasteiger partial charge in [-0.25, -0.2) is 4.98 Å². The Hall–Kier alpha value is -1.45. The summed E-state index contributed by atoms with van der Waals surface area (Å²) in [6.45, 7) is 2.23. The van der Waals surface area contributed by atoms with Crippen LogP contribution in [0, 0.1) is 5.95 Å². The van der Waals surface area contributed by atoms with Crippen molar-refractivity contribution in [3.05, 3.63) is 24.3 Å². The number of carbonyl (C=O) groups is 1. The molecule has 0 aliphatic rings. The lowest BCUT2D eigenvalue weighted by molar-refractivity contribution is -0.116. The van der Waals surface area contributed by atoms with E-state index in [1.807, 2.05) is 0 Å². The minimum atomic E-state index is -0.535. The third-order valence-electron chi connectivity index (χ3n) is 3.52. The fraction of sp³-hybridized carbons (Fsp3) is 0.647. The number of hydrogen-bond donors (Lipinski definition) is 1. The topological polar surface area (TPSA) is 42.0 Å². The van der Waals surface area contributed by atoms with Gasteiger partial charge in [-0.05, 0) is 18.6 Å². The molecule has 0 spiro atoms. The normalized spacial score (nSPS) is 10.6. The summed E-state index contributed by atoms with van der Waals surface area (Å²) < 4.78 is 12.6. The lowest BCUT2D eigenvalue weighted by Crippen LogP contribution is -2.11. The van der Waals surface area contributed by atoms with Crippen molar-refractivity contribution in [3.8, 4) is 0 Å². The molecule has 0 atom stereocenters. The van der Waals surface area contributed by atoms with Gasteiger partial charge < -0.3 is 5.32 Å². The van der Waals surface area contributed by atoms with Gasteiger partial charge in [-0.15, -0.1) is 0 Å². The highest BCUT2D eigenvalue weighted by Gasteiger charge is 2.02. The van der Waals surface area contributed by atoms with E-state index in [9.17, 15) is 9.18 Å². The van der Waals surface area contributed by atoms with Gasteiger partial charge in [-0.1, -0.05) is 58.3 Å². The van der Waals surface area contributed by atoms with Crippen molar-refractivity contribution in [1.29, 1.82) is 0 Å². The predicted molar refractivity (Wildman–Crippen MR) is 84.7 cm³/mol. The molecule has 0 saturated heterocycles. The molecule has 0 aliphatic heterocycles. The number of amides is 1. The van der Waals surface area contributed by atoms with Crippen LogP contribution in [0.15, 0.2) is 18.3 Å². The van der Waals surface area contributed by atoms with Crippen LogP contribution in [0.2, 0.25) is 0 Å². The van der Waals surface area contributed by atoms with Crippen LogP contribution >= 0.6 is 0 Å². The summed E-state index contributed by atoms with van der Waals surface area (Å²) in [4.78, 5) is 15.2. The van der Waals surface area contributed by atoms with Crippen molar-refractivity contribution in [2.45, 2.75) is 71.1 Å². The molecule has 4 heteroatoms. The Balaban J connectivity index is 1.97. The number of nitrogens with zero attached hydrogens (tertiary/aromatic N) is 1. The van der Waals surface area contributed by atoms with E-state index in [0.29, 0.717) is 12.1 Å². The van der Waals surface area contributed by atoms with Gasteiger partial charge in [0.15, 0.2) is 0 Å². The van der Waals surface area contributed by atoms with E-state index >= 15 is 0 Å². The fourth-order valence-electron chi connectivity index (χ4n) is 2.27. The monoisotopic (exact) mass is 294 g/mol. The Morgan fingerprint density at radius 2 is 1.67 bits per heavy atom. The first kappa shape index (κ1) is 17.6. The first-order chi connectivity index (χ1) is 10.2. The number of unbranched alkanes of at least 4 members (excludes halogenated alkanes) is 8. The maximum atomic E-state index is 12.6. The molecule has 0 aromatic carbocycles. The molecule has 1 aromatic rings. The number of halogens is 1. The average Bonchev–Trinajstić information content (AvgIpc) is 2.48. The third-order valence-corrected chi connectivity index (χ3v) is 3.52. The van der Waals surface area contributed by atoms with Gasteiger partial charge in [0, 0.05) is 6.42 Å². The summed E-state index contributed by atoms with van der Waals surface area (Å²) in [6, 6.07) is 2.77. The molecule has 21 heavy (non-hydrogen) atoms. The van der Waals surface area contributed by atoms with E-state index < -0.39 is 5.95 Å². The second-order valence-corrected chi connectivity index (χ2v) is 5.50. The number of carbonyl (C=O) groups excluding carboxylic acids is 1. The zero-order chi connectivity index (χ0) is 15.3. The molecule has 118 valence electrons. The Kier molecular flexibility index (Phi) is 9.42. The van der Waals surface area contributed by atoms with E-state index in [1.165, 1.54) is 63.3 Å². The van der Waals surface area contributed by atoms with Gasteiger partial charge in [0.1, 0.15) is 0 Å². The van der Waals surface area contributed by atoms with Crippen molar-refractivity contribution in [1.82, 2.24) is 4.98 Å². The Bertz CT molecular complexity index is 392. The van der Waals surface area contributed by atoms with Crippen LogP contribution in [-0.4, -0.2) is 10.9 Å². The van der Waals surface area contributed by atoms with Crippen LogP contribution in [0.4, 0.5) is 10.1 Å². The summed E-state index contributed by atoms with van der Waals surface area (Å²) in [7, 11) is 0. The Labute approximate surface area is 127 Å². The highest BCUT2D eigenvalue weighted by atomic mass is 19.1. The molecule has 0 aliphatic carbocycles. The smallest absolute Gasteiger partial charge is 0.224 e. The fourth-order valence-corrected chi connectivity index (χ4v) is 2.27. The van der Waals surface area contributed by atoms with Crippen LogP contribution in [0.3, 0.4) is 0 Å². The van der Waals surface area contributed by atoms with E-state index in [4.69, 9.17) is 0 Å². The largest absolute Gasteiger partial charge is 0.325 e. The Morgan fingerprint density at radius 1 is 1.05 bits per heavy atom. The van der Waals surface area contributed by atoms with E-state index in [0.717, 1.165) is 12.8 Å². The van der Waals surface area contributed by atoms with Gasteiger partial charge in [0.25, 0.3) is 0 Å². The molecule has 0 bridgehead atoms. The number of rotatable bonds is 11. The van der Waals surface area contributed by atoms with Crippen LogP contribution in [0.1, 0.15) is 71.1 Å². The standard InChI is InChI=1S/C17H27FN2O/c1-2-3-4-5-6-7-8-9-10-11-17(21)20-15-12-13-16(18)19-14-15/h12-14H,2-11H2,1H3,(H,20,21). The number of anilines is 1. The zero-order valence-electron chi connectivity index (χ0n) is 13.0. The molecule has 0 radical (unpaired) electrons. The molecule has 1 N–H and O–H groups in total. The summed E-state index contributed by atoms with van der Waals surface area (Å²) in [5, 5.41) is 2.73. The van der Waals surface area contributed by atoms with E-state index in [2.05, 4.69) is 17.2 Å². The molecule has 0 saturated carbocycles. The summed E-state index contributed by atoms with van der Waals surface area (Å²) in [5.74, 6) is -0.557. The first-order valence-electron chi connectivity index (χ1n) is 8.13.